The van der Waals surface area contributed by atoms with Gasteiger partial charge < -0.3 is 10.1 Å². The van der Waals surface area contributed by atoms with Crippen LogP contribution in [0.1, 0.15) is 32.3 Å². The molecule has 0 aromatic heterocycles. The Morgan fingerprint density at radius 2 is 2.04 bits per heavy atom. The lowest BCUT2D eigenvalue weighted by Crippen LogP contribution is -2.37. The first-order valence-corrected chi connectivity index (χ1v) is 8.34. The lowest BCUT2D eigenvalue weighted by molar-refractivity contribution is -0.128. The van der Waals surface area contributed by atoms with Crippen molar-refractivity contribution in [3.63, 3.8) is 0 Å². The van der Waals surface area contributed by atoms with E-state index >= 15 is 0 Å². The van der Waals surface area contributed by atoms with Crippen LogP contribution in [0.3, 0.4) is 0 Å². The number of allylic oxidation sites excluding steroid dienone is 1. The van der Waals surface area contributed by atoms with E-state index in [1.54, 1.807) is 19.3 Å². The Kier molecular flexibility index (Phi) is 6.63. The largest absolute Gasteiger partial charge is 0.373 e. The molecule has 4 atom stereocenters. The van der Waals surface area contributed by atoms with Gasteiger partial charge in [-0.05, 0) is 55.4 Å². The number of carbonyl (C=O) groups excluding carboxylic acids is 1. The molecule has 1 aliphatic rings. The van der Waals surface area contributed by atoms with E-state index in [-0.39, 0.29) is 23.8 Å². The molecule has 0 heterocycles. The third-order valence-corrected chi connectivity index (χ3v) is 4.77. The maximum atomic E-state index is 13.2. The number of ether oxygens (including phenoxy) is 1. The summed E-state index contributed by atoms with van der Waals surface area (Å²) in [6, 6.07) is 4.18. The second-order valence-electron chi connectivity index (χ2n) is 6.55. The third-order valence-electron chi connectivity index (χ3n) is 4.77. The molecule has 0 bridgehead atoms. The van der Waals surface area contributed by atoms with Gasteiger partial charge in [0, 0.05) is 19.7 Å². The molecular weight excluding hydrogens is 312 g/mol. The minimum absolute atomic E-state index is 0.0331. The van der Waals surface area contributed by atoms with E-state index < -0.39 is 11.6 Å². The number of rotatable bonds is 7. The van der Waals surface area contributed by atoms with Crippen molar-refractivity contribution in [1.82, 2.24) is 5.32 Å². The molecule has 1 aromatic rings. The van der Waals surface area contributed by atoms with Crippen molar-refractivity contribution in [2.24, 2.45) is 11.8 Å². The van der Waals surface area contributed by atoms with Crippen LogP contribution >= 0.6 is 0 Å². The van der Waals surface area contributed by atoms with Crippen molar-refractivity contribution in [2.45, 2.75) is 45.4 Å². The topological polar surface area (TPSA) is 38.3 Å². The SMILES string of the molecule is COC1C(=O)C=CC(CCC(C)NCc2ccc(F)c(F)c2)C1C. The Bertz CT molecular complexity index is 603. The van der Waals surface area contributed by atoms with Crippen LogP contribution in [0.15, 0.2) is 30.4 Å². The Labute approximate surface area is 142 Å². The zero-order chi connectivity index (χ0) is 17.7. The molecule has 1 aromatic carbocycles. The summed E-state index contributed by atoms with van der Waals surface area (Å²) in [5.74, 6) is -1.15. The van der Waals surface area contributed by atoms with Crippen LogP contribution in [0, 0.1) is 23.5 Å². The molecule has 0 saturated carbocycles. The summed E-state index contributed by atoms with van der Waals surface area (Å²) in [5, 5.41) is 3.32. The third kappa shape index (κ3) is 4.71. The van der Waals surface area contributed by atoms with Gasteiger partial charge in [-0.3, -0.25) is 4.79 Å². The van der Waals surface area contributed by atoms with E-state index in [2.05, 4.69) is 12.2 Å². The molecular formula is C19H25F2NO2. The molecule has 0 radical (unpaired) electrons. The molecule has 0 spiro atoms. The van der Waals surface area contributed by atoms with Crippen molar-refractivity contribution in [3.05, 3.63) is 47.5 Å². The van der Waals surface area contributed by atoms with Crippen molar-refractivity contribution in [3.8, 4) is 0 Å². The Hall–Kier alpha value is -1.59. The first-order valence-electron chi connectivity index (χ1n) is 8.34. The molecule has 24 heavy (non-hydrogen) atoms. The molecule has 2 rings (SSSR count). The fourth-order valence-electron chi connectivity index (χ4n) is 3.15. The second-order valence-corrected chi connectivity index (χ2v) is 6.55. The molecule has 0 saturated heterocycles. The summed E-state index contributed by atoms with van der Waals surface area (Å²) in [6.07, 6.45) is 5.11. The van der Waals surface area contributed by atoms with Crippen LogP contribution in [0.5, 0.6) is 0 Å². The van der Waals surface area contributed by atoms with Gasteiger partial charge >= 0.3 is 0 Å². The number of hydrogen-bond donors (Lipinski definition) is 1. The van der Waals surface area contributed by atoms with E-state index in [9.17, 15) is 13.6 Å². The van der Waals surface area contributed by atoms with Crippen LogP contribution in [0.4, 0.5) is 8.78 Å². The van der Waals surface area contributed by atoms with Gasteiger partial charge in [0.1, 0.15) is 6.10 Å². The number of benzene rings is 1. The van der Waals surface area contributed by atoms with E-state index in [1.165, 1.54) is 6.07 Å². The zero-order valence-corrected chi connectivity index (χ0v) is 14.4. The summed E-state index contributed by atoms with van der Waals surface area (Å²) in [5.41, 5.74) is 0.719. The molecule has 5 heteroatoms. The van der Waals surface area contributed by atoms with Gasteiger partial charge in [-0.2, -0.15) is 0 Å². The molecule has 0 fully saturated rings. The highest BCUT2D eigenvalue weighted by atomic mass is 19.2. The number of methoxy groups -OCH3 is 1. The fraction of sp³-hybridized carbons (Fsp3) is 0.526. The van der Waals surface area contributed by atoms with Crippen LogP contribution in [-0.2, 0) is 16.1 Å². The van der Waals surface area contributed by atoms with Gasteiger partial charge in [0.15, 0.2) is 17.4 Å². The number of halogens is 2. The highest BCUT2D eigenvalue weighted by Crippen LogP contribution is 2.29. The number of nitrogens with one attached hydrogen (secondary N) is 1. The lowest BCUT2D eigenvalue weighted by Gasteiger charge is -2.31. The average Bonchev–Trinajstić information content (AvgIpc) is 2.55. The van der Waals surface area contributed by atoms with E-state index in [4.69, 9.17) is 4.74 Å². The first-order chi connectivity index (χ1) is 11.4. The molecule has 1 N–H and O–H groups in total. The van der Waals surface area contributed by atoms with E-state index in [1.807, 2.05) is 13.0 Å². The van der Waals surface area contributed by atoms with Gasteiger partial charge in [-0.25, -0.2) is 8.78 Å². The average molecular weight is 337 g/mol. The van der Waals surface area contributed by atoms with Crippen LogP contribution in [0.25, 0.3) is 0 Å². The van der Waals surface area contributed by atoms with Gasteiger partial charge in [0.05, 0.1) is 0 Å². The smallest absolute Gasteiger partial charge is 0.184 e. The fourth-order valence-corrected chi connectivity index (χ4v) is 3.15. The molecule has 0 amide bonds. The first kappa shape index (κ1) is 18.7. The van der Waals surface area contributed by atoms with Crippen LogP contribution < -0.4 is 5.32 Å². The molecule has 132 valence electrons. The second kappa shape index (κ2) is 8.49. The summed E-state index contributed by atoms with van der Waals surface area (Å²) in [7, 11) is 1.57. The van der Waals surface area contributed by atoms with E-state index in [0.29, 0.717) is 12.5 Å². The number of ketones is 1. The van der Waals surface area contributed by atoms with Crippen molar-refractivity contribution in [2.75, 3.05) is 7.11 Å². The summed E-state index contributed by atoms with van der Waals surface area (Å²) in [6.45, 7) is 4.60. The standard InChI is InChI=1S/C19H25F2NO2/c1-12(22-11-14-5-8-16(20)17(21)10-14)4-6-15-7-9-18(23)19(24-3)13(15)2/h5,7-10,12-13,15,19,22H,4,6,11H2,1-3H3. The van der Waals surface area contributed by atoms with Gasteiger partial charge in [-0.1, -0.05) is 19.1 Å². The molecule has 4 unspecified atom stereocenters. The minimum atomic E-state index is -0.827. The van der Waals surface area contributed by atoms with Crippen LogP contribution in [0.2, 0.25) is 0 Å². The highest BCUT2D eigenvalue weighted by molar-refractivity contribution is 5.94. The zero-order valence-electron chi connectivity index (χ0n) is 14.4. The Morgan fingerprint density at radius 3 is 2.71 bits per heavy atom. The summed E-state index contributed by atoms with van der Waals surface area (Å²) >= 11 is 0. The van der Waals surface area contributed by atoms with Gasteiger partial charge in [-0.15, -0.1) is 0 Å². The Morgan fingerprint density at radius 1 is 1.29 bits per heavy atom. The predicted octanol–water partition coefficient (Wildman–Crippen LogP) is 3.63. The molecule has 0 aliphatic heterocycles. The van der Waals surface area contributed by atoms with E-state index in [0.717, 1.165) is 24.5 Å². The lowest BCUT2D eigenvalue weighted by atomic mass is 9.79. The highest BCUT2D eigenvalue weighted by Gasteiger charge is 2.32. The van der Waals surface area contributed by atoms with Crippen molar-refractivity contribution >= 4 is 5.78 Å². The molecule has 3 nitrogen and oxygen atoms in total. The van der Waals surface area contributed by atoms with Crippen molar-refractivity contribution in [1.29, 1.82) is 0 Å². The summed E-state index contributed by atoms with van der Waals surface area (Å²) < 4.78 is 31.4. The number of carbonyl (C=O) groups is 1. The molecule has 1 aliphatic carbocycles. The Balaban J connectivity index is 1.80. The quantitative estimate of drug-likeness (QED) is 0.826. The number of hydrogen-bond acceptors (Lipinski definition) is 3. The van der Waals surface area contributed by atoms with Gasteiger partial charge in [0.25, 0.3) is 0 Å². The normalized spacial score (nSPS) is 25.0. The summed E-state index contributed by atoms with van der Waals surface area (Å²) in [4.78, 5) is 11.7. The van der Waals surface area contributed by atoms with Crippen LogP contribution in [-0.4, -0.2) is 25.0 Å². The predicted molar refractivity (Wildman–Crippen MR) is 89.5 cm³/mol. The maximum absolute atomic E-state index is 13.2. The van der Waals surface area contributed by atoms with Gasteiger partial charge in [0.2, 0.25) is 0 Å². The monoisotopic (exact) mass is 337 g/mol. The van der Waals surface area contributed by atoms with Crippen molar-refractivity contribution < 1.29 is 18.3 Å². The minimum Gasteiger partial charge on any atom is -0.373 e. The maximum Gasteiger partial charge on any atom is 0.184 e.